The first-order chi connectivity index (χ1) is 11.7. The van der Waals surface area contributed by atoms with Crippen LogP contribution in [0.4, 0.5) is 5.82 Å². The van der Waals surface area contributed by atoms with Crippen LogP contribution in [0.15, 0.2) is 55.1 Å². The van der Waals surface area contributed by atoms with Gasteiger partial charge in [0.15, 0.2) is 0 Å². The number of nitrogens with zero attached hydrogens (tertiary/aromatic N) is 3. The number of amides is 1. The standard InChI is InChI=1S/C18H16N4OS/c1-12-4-7-20-16(9-12)21-17(23)14-5-8-22-15(14)11-24-18(22)13-3-2-6-19-10-13/h2-10,18H,11H2,1H3,(H,20,21,23). The number of aryl methyl sites for hydroxylation is 1. The summed E-state index contributed by atoms with van der Waals surface area (Å²) in [5.41, 5.74) is 3.95. The highest BCUT2D eigenvalue weighted by molar-refractivity contribution is 7.99. The zero-order valence-electron chi connectivity index (χ0n) is 13.1. The van der Waals surface area contributed by atoms with Crippen LogP contribution in [-0.2, 0) is 5.75 Å². The van der Waals surface area contributed by atoms with Gasteiger partial charge in [0.2, 0.25) is 0 Å². The molecule has 3 aromatic rings. The molecular weight excluding hydrogens is 320 g/mol. The van der Waals surface area contributed by atoms with Crippen LogP contribution in [0.3, 0.4) is 0 Å². The van der Waals surface area contributed by atoms with Crippen molar-refractivity contribution in [2.24, 2.45) is 0 Å². The fraction of sp³-hybridized carbons (Fsp3) is 0.167. The van der Waals surface area contributed by atoms with Crippen molar-refractivity contribution < 1.29 is 4.79 Å². The van der Waals surface area contributed by atoms with Crippen molar-refractivity contribution in [3.05, 3.63) is 77.5 Å². The van der Waals surface area contributed by atoms with Crippen LogP contribution in [0.5, 0.6) is 0 Å². The Kier molecular flexibility index (Phi) is 3.82. The van der Waals surface area contributed by atoms with Crippen molar-refractivity contribution in [1.29, 1.82) is 0 Å². The fourth-order valence-electron chi connectivity index (χ4n) is 2.86. The normalized spacial score (nSPS) is 16.0. The highest BCUT2D eigenvalue weighted by atomic mass is 32.2. The third-order valence-electron chi connectivity index (χ3n) is 4.03. The molecular formula is C18H16N4OS. The molecule has 5 nitrogen and oxygen atoms in total. The van der Waals surface area contributed by atoms with Crippen molar-refractivity contribution in [3.63, 3.8) is 0 Å². The summed E-state index contributed by atoms with van der Waals surface area (Å²) in [5, 5.41) is 3.06. The lowest BCUT2D eigenvalue weighted by atomic mass is 10.2. The SMILES string of the molecule is Cc1ccnc(NC(=O)c2ccn3c2CSC3c2cccnc2)c1. The molecule has 0 fully saturated rings. The van der Waals surface area contributed by atoms with Gasteiger partial charge >= 0.3 is 0 Å². The average Bonchev–Trinajstić information content (AvgIpc) is 3.17. The molecule has 0 radical (unpaired) electrons. The van der Waals surface area contributed by atoms with Gasteiger partial charge in [0.25, 0.3) is 5.91 Å². The number of nitrogens with one attached hydrogen (secondary N) is 1. The van der Waals surface area contributed by atoms with Crippen molar-refractivity contribution in [3.8, 4) is 0 Å². The van der Waals surface area contributed by atoms with E-state index in [1.807, 2.05) is 43.6 Å². The van der Waals surface area contributed by atoms with E-state index in [0.717, 1.165) is 22.6 Å². The molecule has 1 N–H and O–H groups in total. The predicted octanol–water partition coefficient (Wildman–Crippen LogP) is 3.63. The maximum atomic E-state index is 12.6. The molecule has 1 unspecified atom stereocenters. The number of anilines is 1. The van der Waals surface area contributed by atoms with Gasteiger partial charge in [-0.25, -0.2) is 4.98 Å². The zero-order valence-corrected chi connectivity index (χ0v) is 14.0. The van der Waals surface area contributed by atoms with E-state index in [2.05, 4.69) is 25.9 Å². The molecule has 0 saturated carbocycles. The Bertz CT molecular complexity index is 891. The van der Waals surface area contributed by atoms with E-state index in [4.69, 9.17) is 0 Å². The smallest absolute Gasteiger partial charge is 0.258 e. The molecule has 4 rings (SSSR count). The van der Waals surface area contributed by atoms with E-state index in [9.17, 15) is 4.79 Å². The second-order valence-electron chi connectivity index (χ2n) is 5.71. The van der Waals surface area contributed by atoms with Gasteiger partial charge in [0, 0.05) is 41.8 Å². The van der Waals surface area contributed by atoms with E-state index in [1.54, 1.807) is 24.2 Å². The van der Waals surface area contributed by atoms with Crippen molar-refractivity contribution in [1.82, 2.24) is 14.5 Å². The molecule has 3 aromatic heterocycles. The van der Waals surface area contributed by atoms with Crippen molar-refractivity contribution in [2.45, 2.75) is 18.1 Å². The lowest BCUT2D eigenvalue weighted by Crippen LogP contribution is -2.14. The van der Waals surface area contributed by atoms with E-state index in [-0.39, 0.29) is 11.3 Å². The number of rotatable bonds is 3. The number of fused-ring (bicyclic) bond motifs is 1. The zero-order chi connectivity index (χ0) is 16.5. The van der Waals surface area contributed by atoms with Gasteiger partial charge in [-0.05, 0) is 36.8 Å². The average molecular weight is 336 g/mol. The summed E-state index contributed by atoms with van der Waals surface area (Å²) in [6.45, 7) is 1.97. The number of hydrogen-bond donors (Lipinski definition) is 1. The van der Waals surface area contributed by atoms with Crippen LogP contribution in [0, 0.1) is 6.92 Å². The molecule has 120 valence electrons. The van der Waals surface area contributed by atoms with Gasteiger partial charge < -0.3 is 9.88 Å². The van der Waals surface area contributed by atoms with Crippen LogP contribution >= 0.6 is 11.8 Å². The summed E-state index contributed by atoms with van der Waals surface area (Å²) in [7, 11) is 0. The molecule has 1 aliphatic heterocycles. The number of hydrogen-bond acceptors (Lipinski definition) is 4. The first-order valence-electron chi connectivity index (χ1n) is 7.67. The number of carbonyl (C=O) groups is 1. The van der Waals surface area contributed by atoms with Gasteiger partial charge in [0.05, 0.1) is 5.56 Å². The van der Waals surface area contributed by atoms with Gasteiger partial charge in [-0.1, -0.05) is 6.07 Å². The molecule has 24 heavy (non-hydrogen) atoms. The number of thioether (sulfide) groups is 1. The first-order valence-corrected chi connectivity index (χ1v) is 8.72. The molecule has 1 aliphatic rings. The number of pyridine rings is 2. The van der Waals surface area contributed by atoms with E-state index in [1.165, 1.54) is 0 Å². The third kappa shape index (κ3) is 2.69. The molecule has 0 bridgehead atoms. The summed E-state index contributed by atoms with van der Waals surface area (Å²) < 4.78 is 2.15. The number of aromatic nitrogens is 3. The van der Waals surface area contributed by atoms with E-state index >= 15 is 0 Å². The van der Waals surface area contributed by atoms with Crippen molar-refractivity contribution in [2.75, 3.05) is 5.32 Å². The Morgan fingerprint density at radius 1 is 1.33 bits per heavy atom. The summed E-state index contributed by atoms with van der Waals surface area (Å²) >= 11 is 1.80. The highest BCUT2D eigenvalue weighted by Gasteiger charge is 2.28. The van der Waals surface area contributed by atoms with E-state index < -0.39 is 0 Å². The molecule has 0 saturated heterocycles. The molecule has 1 amide bonds. The quantitative estimate of drug-likeness (QED) is 0.793. The topological polar surface area (TPSA) is 59.8 Å². The Hall–Kier alpha value is -2.60. The van der Waals surface area contributed by atoms with Crippen LogP contribution in [0.25, 0.3) is 0 Å². The summed E-state index contributed by atoms with van der Waals surface area (Å²) in [6, 6.07) is 9.65. The minimum absolute atomic E-state index is 0.116. The maximum absolute atomic E-state index is 12.6. The summed E-state index contributed by atoms with van der Waals surface area (Å²) in [4.78, 5) is 21.0. The molecule has 0 aliphatic carbocycles. The van der Waals surface area contributed by atoms with Crippen LogP contribution in [0.2, 0.25) is 0 Å². The lowest BCUT2D eigenvalue weighted by Gasteiger charge is -2.12. The highest BCUT2D eigenvalue weighted by Crippen LogP contribution is 2.41. The van der Waals surface area contributed by atoms with Crippen LogP contribution < -0.4 is 5.32 Å². The van der Waals surface area contributed by atoms with Gasteiger partial charge in [-0.2, -0.15) is 0 Å². The van der Waals surface area contributed by atoms with Gasteiger partial charge in [-0.15, -0.1) is 11.8 Å². The largest absolute Gasteiger partial charge is 0.333 e. The maximum Gasteiger partial charge on any atom is 0.258 e. The third-order valence-corrected chi connectivity index (χ3v) is 5.28. The lowest BCUT2D eigenvalue weighted by molar-refractivity contribution is 0.102. The molecule has 6 heteroatoms. The Morgan fingerprint density at radius 3 is 3.04 bits per heavy atom. The molecule has 0 aromatic carbocycles. The summed E-state index contributed by atoms with van der Waals surface area (Å²) in [5.74, 6) is 1.26. The predicted molar refractivity (Wildman–Crippen MR) is 95.0 cm³/mol. The first kappa shape index (κ1) is 15.0. The fourth-order valence-corrected chi connectivity index (χ4v) is 4.17. The van der Waals surface area contributed by atoms with Gasteiger partial charge in [0.1, 0.15) is 11.2 Å². The van der Waals surface area contributed by atoms with Gasteiger partial charge in [-0.3, -0.25) is 9.78 Å². The van der Waals surface area contributed by atoms with E-state index in [0.29, 0.717) is 11.4 Å². The Morgan fingerprint density at radius 2 is 2.25 bits per heavy atom. The minimum Gasteiger partial charge on any atom is -0.333 e. The number of carbonyl (C=O) groups excluding carboxylic acids is 1. The van der Waals surface area contributed by atoms with Crippen molar-refractivity contribution >= 4 is 23.5 Å². The second-order valence-corrected chi connectivity index (χ2v) is 6.77. The monoisotopic (exact) mass is 336 g/mol. The second kappa shape index (κ2) is 6.13. The molecule has 0 spiro atoms. The molecule has 4 heterocycles. The summed E-state index contributed by atoms with van der Waals surface area (Å²) in [6.07, 6.45) is 7.32. The van der Waals surface area contributed by atoms with Crippen LogP contribution in [-0.4, -0.2) is 20.4 Å². The molecule has 1 atom stereocenters. The van der Waals surface area contributed by atoms with Crippen LogP contribution in [0.1, 0.15) is 32.6 Å². The Labute approximate surface area is 144 Å². The minimum atomic E-state index is -0.116. The Balaban J connectivity index is 1.59.